The Balaban J connectivity index is 2.59. The van der Waals surface area contributed by atoms with Crippen LogP contribution in [-0.2, 0) is 11.3 Å². The van der Waals surface area contributed by atoms with Gasteiger partial charge in [0, 0.05) is 10.9 Å². The van der Waals surface area contributed by atoms with Crippen LogP contribution < -0.4 is 4.74 Å². The number of hydrogen-bond acceptors (Lipinski definition) is 4. The molecule has 98 valence electrons. The number of fused-ring (bicyclic) bond motifs is 1. The third-order valence-electron chi connectivity index (χ3n) is 2.82. The third-order valence-corrected chi connectivity index (χ3v) is 2.82. The number of carbonyl (C=O) groups excluding carboxylic acids is 1. The highest BCUT2D eigenvalue weighted by atomic mass is 16.5. The summed E-state index contributed by atoms with van der Waals surface area (Å²) in [7, 11) is 1.58. The summed E-state index contributed by atoms with van der Waals surface area (Å²) < 4.78 is 11.8. The number of nitriles is 1. The number of carbonyl (C=O) groups is 1. The topological polar surface area (TPSA) is 64.2 Å². The van der Waals surface area contributed by atoms with Crippen molar-refractivity contribution in [2.45, 2.75) is 13.5 Å². The zero-order chi connectivity index (χ0) is 13.8. The average molecular weight is 258 g/mol. The Morgan fingerprint density at radius 3 is 2.84 bits per heavy atom. The Morgan fingerprint density at radius 1 is 1.42 bits per heavy atom. The van der Waals surface area contributed by atoms with Gasteiger partial charge in [-0.05, 0) is 31.2 Å². The van der Waals surface area contributed by atoms with Crippen molar-refractivity contribution in [3.05, 3.63) is 30.0 Å². The number of benzene rings is 1. The van der Waals surface area contributed by atoms with E-state index in [1.165, 1.54) is 0 Å². The van der Waals surface area contributed by atoms with Gasteiger partial charge in [0.05, 0.1) is 19.8 Å². The Labute approximate surface area is 111 Å². The summed E-state index contributed by atoms with van der Waals surface area (Å²) in [5.41, 5.74) is 1.19. The number of hydrogen-bond donors (Lipinski definition) is 0. The van der Waals surface area contributed by atoms with Crippen LogP contribution in [0.15, 0.2) is 24.3 Å². The first kappa shape index (κ1) is 13.0. The van der Waals surface area contributed by atoms with E-state index in [1.807, 2.05) is 12.1 Å². The molecule has 0 spiro atoms. The van der Waals surface area contributed by atoms with Gasteiger partial charge in [-0.1, -0.05) is 0 Å². The minimum atomic E-state index is -0.423. The van der Waals surface area contributed by atoms with Crippen LogP contribution in [-0.4, -0.2) is 24.3 Å². The minimum absolute atomic E-state index is 0.101. The van der Waals surface area contributed by atoms with Crippen LogP contribution in [0, 0.1) is 11.3 Å². The predicted molar refractivity (Wildman–Crippen MR) is 70.1 cm³/mol. The molecule has 5 nitrogen and oxygen atoms in total. The van der Waals surface area contributed by atoms with Crippen LogP contribution in [0.5, 0.6) is 5.75 Å². The molecule has 0 amide bonds. The van der Waals surface area contributed by atoms with Crippen molar-refractivity contribution in [1.29, 1.82) is 5.26 Å². The monoisotopic (exact) mass is 258 g/mol. The molecule has 0 bridgehead atoms. The van der Waals surface area contributed by atoms with E-state index in [0.29, 0.717) is 18.1 Å². The van der Waals surface area contributed by atoms with Crippen molar-refractivity contribution in [3.8, 4) is 11.8 Å². The van der Waals surface area contributed by atoms with Gasteiger partial charge in [-0.2, -0.15) is 5.26 Å². The van der Waals surface area contributed by atoms with Crippen LogP contribution in [0.4, 0.5) is 0 Å². The summed E-state index contributed by atoms with van der Waals surface area (Å²) >= 11 is 0. The molecule has 0 atom stereocenters. The molecule has 0 aliphatic heterocycles. The largest absolute Gasteiger partial charge is 0.497 e. The lowest BCUT2D eigenvalue weighted by Gasteiger charge is -2.06. The number of rotatable bonds is 4. The molecular weight excluding hydrogens is 244 g/mol. The minimum Gasteiger partial charge on any atom is -0.497 e. The predicted octanol–water partition coefficient (Wildman–Crippen LogP) is 2.35. The lowest BCUT2D eigenvalue weighted by Crippen LogP contribution is -2.11. The molecule has 0 fully saturated rings. The molecule has 0 aliphatic rings. The highest BCUT2D eigenvalue weighted by molar-refractivity contribution is 5.96. The molecule has 5 heteroatoms. The second-order valence-electron chi connectivity index (χ2n) is 3.92. The molecular formula is C14H14N2O3. The van der Waals surface area contributed by atoms with Gasteiger partial charge in [0.15, 0.2) is 0 Å². The van der Waals surface area contributed by atoms with Crippen molar-refractivity contribution in [3.63, 3.8) is 0 Å². The molecule has 0 unspecified atom stereocenters. The van der Waals surface area contributed by atoms with Crippen molar-refractivity contribution in [2.75, 3.05) is 13.7 Å². The Bertz CT molecular complexity index is 652. The molecule has 1 aromatic carbocycles. The maximum atomic E-state index is 11.9. The smallest absolute Gasteiger partial charge is 0.355 e. The lowest BCUT2D eigenvalue weighted by atomic mass is 10.2. The van der Waals surface area contributed by atoms with E-state index >= 15 is 0 Å². The Kier molecular flexibility index (Phi) is 3.71. The summed E-state index contributed by atoms with van der Waals surface area (Å²) in [6.45, 7) is 2.15. The summed E-state index contributed by atoms with van der Waals surface area (Å²) in [5, 5.41) is 9.73. The fourth-order valence-corrected chi connectivity index (χ4v) is 1.99. The van der Waals surface area contributed by atoms with Crippen molar-refractivity contribution < 1.29 is 14.3 Å². The summed E-state index contributed by atoms with van der Waals surface area (Å²) in [5.74, 6) is 0.282. The number of esters is 1. The molecule has 1 heterocycles. The maximum absolute atomic E-state index is 11.9. The normalized spacial score (nSPS) is 10.2. The SMILES string of the molecule is CCOC(=O)c1cc2cc(OC)ccc2n1CC#N. The molecule has 0 saturated carbocycles. The first-order valence-electron chi connectivity index (χ1n) is 5.92. The molecule has 1 aromatic heterocycles. The average Bonchev–Trinajstić information content (AvgIpc) is 2.77. The zero-order valence-corrected chi connectivity index (χ0v) is 10.8. The van der Waals surface area contributed by atoms with E-state index in [2.05, 4.69) is 6.07 Å². The summed E-state index contributed by atoms with van der Waals surface area (Å²) in [6, 6.07) is 9.22. The number of ether oxygens (including phenoxy) is 2. The van der Waals surface area contributed by atoms with Gasteiger partial charge in [0.25, 0.3) is 0 Å². The van der Waals surface area contributed by atoms with Crippen LogP contribution in [0.2, 0.25) is 0 Å². The molecule has 0 radical (unpaired) electrons. The van der Waals surface area contributed by atoms with Gasteiger partial charge in [-0.3, -0.25) is 0 Å². The number of methoxy groups -OCH3 is 1. The fraction of sp³-hybridized carbons (Fsp3) is 0.286. The van der Waals surface area contributed by atoms with Crippen LogP contribution in [0.25, 0.3) is 10.9 Å². The standard InChI is InChI=1S/C14H14N2O3/c1-3-19-14(17)13-9-10-8-11(18-2)4-5-12(10)16(13)7-6-15/h4-5,8-9H,3,7H2,1-2H3. The van der Waals surface area contributed by atoms with Gasteiger partial charge in [-0.15, -0.1) is 0 Å². The van der Waals surface area contributed by atoms with Gasteiger partial charge in [-0.25, -0.2) is 4.79 Å². The molecule has 2 rings (SSSR count). The van der Waals surface area contributed by atoms with Crippen LogP contribution in [0.1, 0.15) is 17.4 Å². The maximum Gasteiger partial charge on any atom is 0.355 e. The number of nitrogens with zero attached hydrogens (tertiary/aromatic N) is 2. The fourth-order valence-electron chi connectivity index (χ4n) is 1.99. The Hall–Kier alpha value is -2.48. The second kappa shape index (κ2) is 5.44. The van der Waals surface area contributed by atoms with Crippen molar-refractivity contribution in [1.82, 2.24) is 4.57 Å². The zero-order valence-electron chi connectivity index (χ0n) is 10.8. The lowest BCUT2D eigenvalue weighted by molar-refractivity contribution is 0.0515. The molecule has 19 heavy (non-hydrogen) atoms. The van der Waals surface area contributed by atoms with Crippen LogP contribution in [0.3, 0.4) is 0 Å². The van der Waals surface area contributed by atoms with E-state index in [1.54, 1.807) is 30.7 Å². The number of aromatic nitrogens is 1. The van der Waals surface area contributed by atoms with Crippen molar-refractivity contribution in [2.24, 2.45) is 0 Å². The molecule has 0 N–H and O–H groups in total. The quantitative estimate of drug-likeness (QED) is 0.790. The second-order valence-corrected chi connectivity index (χ2v) is 3.92. The van der Waals surface area contributed by atoms with Gasteiger partial charge >= 0.3 is 5.97 Å². The van der Waals surface area contributed by atoms with Gasteiger partial charge in [0.1, 0.15) is 18.0 Å². The molecule has 0 aliphatic carbocycles. The van der Waals surface area contributed by atoms with E-state index in [-0.39, 0.29) is 6.54 Å². The first-order valence-corrected chi connectivity index (χ1v) is 5.92. The van der Waals surface area contributed by atoms with Crippen LogP contribution >= 0.6 is 0 Å². The molecule has 2 aromatic rings. The van der Waals surface area contributed by atoms with Gasteiger partial charge in [0.2, 0.25) is 0 Å². The van der Waals surface area contributed by atoms with E-state index < -0.39 is 5.97 Å². The summed E-state index contributed by atoms with van der Waals surface area (Å²) in [4.78, 5) is 11.9. The molecule has 0 saturated heterocycles. The highest BCUT2D eigenvalue weighted by Gasteiger charge is 2.16. The first-order chi connectivity index (χ1) is 9.21. The highest BCUT2D eigenvalue weighted by Crippen LogP contribution is 2.25. The van der Waals surface area contributed by atoms with E-state index in [0.717, 1.165) is 10.9 Å². The third kappa shape index (κ3) is 2.38. The Morgan fingerprint density at radius 2 is 2.21 bits per heavy atom. The summed E-state index contributed by atoms with van der Waals surface area (Å²) in [6.07, 6.45) is 0. The van der Waals surface area contributed by atoms with E-state index in [4.69, 9.17) is 14.7 Å². The van der Waals surface area contributed by atoms with Crippen molar-refractivity contribution >= 4 is 16.9 Å². The van der Waals surface area contributed by atoms with E-state index in [9.17, 15) is 4.79 Å². The van der Waals surface area contributed by atoms with Gasteiger partial charge < -0.3 is 14.0 Å².